The first-order chi connectivity index (χ1) is 8.76. The van der Waals surface area contributed by atoms with E-state index in [2.05, 4.69) is 4.98 Å². The van der Waals surface area contributed by atoms with Gasteiger partial charge in [-0.2, -0.15) is 0 Å². The summed E-state index contributed by atoms with van der Waals surface area (Å²) in [5, 5.41) is 0. The molecule has 0 saturated heterocycles. The van der Waals surface area contributed by atoms with Crippen LogP contribution in [0.3, 0.4) is 0 Å². The van der Waals surface area contributed by atoms with E-state index in [1.54, 1.807) is 25.4 Å². The molecule has 2 aromatic rings. The predicted octanol–water partition coefficient (Wildman–Crippen LogP) is 2.67. The number of carbonyl (C=O) groups is 1. The van der Waals surface area contributed by atoms with Gasteiger partial charge >= 0.3 is 0 Å². The van der Waals surface area contributed by atoms with Crippen molar-refractivity contribution in [3.63, 3.8) is 0 Å². The number of nitrogens with zero attached hydrogens (tertiary/aromatic N) is 2. The summed E-state index contributed by atoms with van der Waals surface area (Å²) in [6.45, 7) is 0. The van der Waals surface area contributed by atoms with Gasteiger partial charge in [0.25, 0.3) is 0 Å². The standard InChI is InChI=1S/C14H14N2O2/c1-16(12-5-3-4-6-13(12)18-2)14-8-7-11(10-17)9-15-14/h3-10H,1-2H3. The van der Waals surface area contributed by atoms with E-state index in [0.29, 0.717) is 5.56 Å². The molecular formula is C14H14N2O2. The number of para-hydroxylation sites is 2. The number of hydrogen-bond donors (Lipinski definition) is 0. The number of aromatic nitrogens is 1. The molecule has 1 aromatic carbocycles. The third kappa shape index (κ3) is 2.32. The zero-order valence-corrected chi connectivity index (χ0v) is 10.3. The van der Waals surface area contributed by atoms with E-state index in [0.717, 1.165) is 23.5 Å². The minimum absolute atomic E-state index is 0.562. The Morgan fingerprint density at radius 2 is 2.00 bits per heavy atom. The lowest BCUT2D eigenvalue weighted by Gasteiger charge is -2.20. The molecule has 0 N–H and O–H groups in total. The number of benzene rings is 1. The molecule has 0 amide bonds. The molecule has 1 aromatic heterocycles. The maximum atomic E-state index is 10.6. The Morgan fingerprint density at radius 1 is 1.22 bits per heavy atom. The van der Waals surface area contributed by atoms with E-state index in [9.17, 15) is 4.79 Å². The molecule has 4 heteroatoms. The van der Waals surface area contributed by atoms with Crippen LogP contribution in [-0.4, -0.2) is 25.4 Å². The first-order valence-electron chi connectivity index (χ1n) is 5.54. The Morgan fingerprint density at radius 3 is 2.61 bits per heavy atom. The average molecular weight is 242 g/mol. The molecule has 0 unspecified atom stereocenters. The molecular weight excluding hydrogens is 228 g/mol. The Balaban J connectivity index is 2.34. The van der Waals surface area contributed by atoms with Crippen LogP contribution in [0.15, 0.2) is 42.6 Å². The summed E-state index contributed by atoms with van der Waals surface area (Å²) in [4.78, 5) is 16.7. The van der Waals surface area contributed by atoms with Gasteiger partial charge in [0.1, 0.15) is 11.6 Å². The van der Waals surface area contributed by atoms with E-state index in [1.807, 2.05) is 36.2 Å². The summed E-state index contributed by atoms with van der Waals surface area (Å²) in [5.74, 6) is 1.53. The highest BCUT2D eigenvalue weighted by atomic mass is 16.5. The van der Waals surface area contributed by atoms with Crippen molar-refractivity contribution in [2.45, 2.75) is 0 Å². The molecule has 4 nitrogen and oxygen atoms in total. The fourth-order valence-electron chi connectivity index (χ4n) is 1.70. The fraction of sp³-hybridized carbons (Fsp3) is 0.143. The smallest absolute Gasteiger partial charge is 0.151 e. The second-order valence-corrected chi connectivity index (χ2v) is 3.80. The van der Waals surface area contributed by atoms with Crippen LogP contribution in [-0.2, 0) is 0 Å². The van der Waals surface area contributed by atoms with Gasteiger partial charge in [0, 0.05) is 18.8 Å². The Labute approximate surface area is 106 Å². The highest BCUT2D eigenvalue weighted by Gasteiger charge is 2.09. The SMILES string of the molecule is COc1ccccc1N(C)c1ccc(C=O)cn1. The summed E-state index contributed by atoms with van der Waals surface area (Å²) < 4.78 is 5.31. The van der Waals surface area contributed by atoms with Gasteiger partial charge in [0.2, 0.25) is 0 Å². The van der Waals surface area contributed by atoms with Crippen LogP contribution in [0.2, 0.25) is 0 Å². The molecule has 18 heavy (non-hydrogen) atoms. The summed E-state index contributed by atoms with van der Waals surface area (Å²) >= 11 is 0. The zero-order chi connectivity index (χ0) is 13.0. The third-order valence-electron chi connectivity index (χ3n) is 2.70. The summed E-state index contributed by atoms with van der Waals surface area (Å²) in [5.41, 5.74) is 1.48. The Kier molecular flexibility index (Phi) is 3.57. The van der Waals surface area contributed by atoms with Gasteiger partial charge in [0.15, 0.2) is 6.29 Å². The second kappa shape index (κ2) is 5.31. The van der Waals surface area contributed by atoms with Crippen molar-refractivity contribution in [2.75, 3.05) is 19.1 Å². The number of hydrogen-bond acceptors (Lipinski definition) is 4. The Bertz CT molecular complexity index is 538. The van der Waals surface area contributed by atoms with Gasteiger partial charge < -0.3 is 9.64 Å². The molecule has 0 aliphatic rings. The predicted molar refractivity (Wildman–Crippen MR) is 70.7 cm³/mol. The molecule has 92 valence electrons. The quantitative estimate of drug-likeness (QED) is 0.773. The first kappa shape index (κ1) is 12.1. The Hall–Kier alpha value is -2.36. The van der Waals surface area contributed by atoms with E-state index in [1.165, 1.54) is 0 Å². The van der Waals surface area contributed by atoms with E-state index in [-0.39, 0.29) is 0 Å². The zero-order valence-electron chi connectivity index (χ0n) is 10.3. The fourth-order valence-corrected chi connectivity index (χ4v) is 1.70. The average Bonchev–Trinajstić information content (AvgIpc) is 2.46. The molecule has 2 rings (SSSR count). The van der Waals surface area contributed by atoms with Gasteiger partial charge in [-0.15, -0.1) is 0 Å². The van der Waals surface area contributed by atoms with Crippen molar-refractivity contribution in [1.82, 2.24) is 4.98 Å². The molecule has 0 saturated carbocycles. The second-order valence-electron chi connectivity index (χ2n) is 3.80. The number of anilines is 2. The number of rotatable bonds is 4. The first-order valence-corrected chi connectivity index (χ1v) is 5.54. The van der Waals surface area contributed by atoms with Crippen molar-refractivity contribution < 1.29 is 9.53 Å². The lowest BCUT2D eigenvalue weighted by molar-refractivity contribution is 0.112. The lowest BCUT2D eigenvalue weighted by atomic mass is 10.2. The summed E-state index contributed by atoms with van der Waals surface area (Å²) in [7, 11) is 3.54. The van der Waals surface area contributed by atoms with Crippen molar-refractivity contribution in [1.29, 1.82) is 0 Å². The topological polar surface area (TPSA) is 42.4 Å². The van der Waals surface area contributed by atoms with Crippen LogP contribution in [0, 0.1) is 0 Å². The van der Waals surface area contributed by atoms with Crippen LogP contribution in [0.1, 0.15) is 10.4 Å². The molecule has 0 bridgehead atoms. The normalized spacial score (nSPS) is 9.89. The van der Waals surface area contributed by atoms with Gasteiger partial charge in [-0.1, -0.05) is 12.1 Å². The van der Waals surface area contributed by atoms with E-state index in [4.69, 9.17) is 4.74 Å². The maximum absolute atomic E-state index is 10.6. The minimum Gasteiger partial charge on any atom is -0.495 e. The van der Waals surface area contributed by atoms with Crippen molar-refractivity contribution in [2.24, 2.45) is 0 Å². The van der Waals surface area contributed by atoms with Gasteiger partial charge in [-0.25, -0.2) is 4.98 Å². The van der Waals surface area contributed by atoms with Crippen LogP contribution in [0.4, 0.5) is 11.5 Å². The summed E-state index contributed by atoms with van der Waals surface area (Å²) in [6, 6.07) is 11.2. The molecule has 0 radical (unpaired) electrons. The van der Waals surface area contributed by atoms with Gasteiger partial charge in [0.05, 0.1) is 12.8 Å². The molecule has 0 spiro atoms. The van der Waals surface area contributed by atoms with Gasteiger partial charge in [-0.3, -0.25) is 4.79 Å². The van der Waals surface area contributed by atoms with Gasteiger partial charge in [-0.05, 0) is 24.3 Å². The number of aldehydes is 1. The summed E-state index contributed by atoms with van der Waals surface area (Å²) in [6.07, 6.45) is 2.33. The van der Waals surface area contributed by atoms with E-state index >= 15 is 0 Å². The highest BCUT2D eigenvalue weighted by Crippen LogP contribution is 2.30. The number of pyridine rings is 1. The largest absolute Gasteiger partial charge is 0.495 e. The van der Waals surface area contributed by atoms with E-state index < -0.39 is 0 Å². The highest BCUT2D eigenvalue weighted by molar-refractivity contribution is 5.75. The van der Waals surface area contributed by atoms with Crippen LogP contribution < -0.4 is 9.64 Å². The molecule has 0 fully saturated rings. The molecule has 1 heterocycles. The van der Waals surface area contributed by atoms with Crippen molar-refractivity contribution in [3.8, 4) is 5.75 Å². The molecule has 0 aliphatic heterocycles. The maximum Gasteiger partial charge on any atom is 0.151 e. The van der Waals surface area contributed by atoms with Crippen LogP contribution >= 0.6 is 0 Å². The molecule has 0 atom stereocenters. The molecule has 0 aliphatic carbocycles. The number of methoxy groups -OCH3 is 1. The van der Waals surface area contributed by atoms with Crippen molar-refractivity contribution in [3.05, 3.63) is 48.2 Å². The van der Waals surface area contributed by atoms with Crippen LogP contribution in [0.5, 0.6) is 5.75 Å². The third-order valence-corrected chi connectivity index (χ3v) is 2.70. The van der Waals surface area contributed by atoms with Crippen molar-refractivity contribution >= 4 is 17.8 Å². The lowest BCUT2D eigenvalue weighted by Crippen LogP contribution is -2.12. The number of ether oxygens (including phenoxy) is 1. The van der Waals surface area contributed by atoms with Crippen LogP contribution in [0.25, 0.3) is 0 Å². The minimum atomic E-state index is 0.562. The number of carbonyl (C=O) groups excluding carboxylic acids is 1. The monoisotopic (exact) mass is 242 g/mol.